The van der Waals surface area contributed by atoms with Crippen LogP contribution in [0.4, 0.5) is 5.13 Å². The number of fused-ring (bicyclic) bond motifs is 1. The normalized spacial score (nSPS) is 10.5. The minimum absolute atomic E-state index is 0.328. The lowest BCUT2D eigenvalue weighted by atomic mass is 9.96. The fourth-order valence-corrected chi connectivity index (χ4v) is 4.60. The first-order chi connectivity index (χ1) is 17.1. The number of aryl methyl sites for hydroxylation is 1. The van der Waals surface area contributed by atoms with Crippen molar-refractivity contribution in [3.8, 4) is 40.7 Å². The van der Waals surface area contributed by atoms with Crippen molar-refractivity contribution in [3.63, 3.8) is 0 Å². The molecule has 1 amide bonds. The lowest BCUT2D eigenvalue weighted by Gasteiger charge is -2.11. The predicted molar refractivity (Wildman–Crippen MR) is 138 cm³/mol. The smallest absolute Gasteiger partial charge is 0.259 e. The van der Waals surface area contributed by atoms with Crippen LogP contribution in [0.25, 0.3) is 32.6 Å². The van der Waals surface area contributed by atoms with E-state index in [0.29, 0.717) is 33.0 Å². The molecule has 5 rings (SSSR count). The van der Waals surface area contributed by atoms with Crippen molar-refractivity contribution in [1.29, 1.82) is 5.26 Å². The molecule has 0 saturated carbocycles. The average Bonchev–Trinajstić information content (AvgIpc) is 3.30. The lowest BCUT2D eigenvalue weighted by Crippen LogP contribution is -2.14. The first-order valence-electron chi connectivity index (χ1n) is 10.7. The van der Waals surface area contributed by atoms with Crippen molar-refractivity contribution in [2.75, 3.05) is 5.32 Å². The van der Waals surface area contributed by atoms with E-state index in [1.54, 1.807) is 24.5 Å². The van der Waals surface area contributed by atoms with E-state index in [0.717, 1.165) is 27.1 Å². The van der Waals surface area contributed by atoms with Gasteiger partial charge in [0.15, 0.2) is 10.8 Å². The predicted octanol–water partition coefficient (Wildman–Crippen LogP) is 5.83. The van der Waals surface area contributed by atoms with Crippen LogP contribution in [0.5, 0.6) is 0 Å². The van der Waals surface area contributed by atoms with Gasteiger partial charge < -0.3 is 0 Å². The molecule has 0 radical (unpaired) electrons. The Bertz CT molecular complexity index is 1670. The van der Waals surface area contributed by atoms with E-state index in [1.807, 2.05) is 55.5 Å². The van der Waals surface area contributed by atoms with Crippen LogP contribution in [-0.2, 0) is 0 Å². The van der Waals surface area contributed by atoms with Crippen LogP contribution in [0.3, 0.4) is 0 Å². The molecule has 3 heterocycles. The molecule has 35 heavy (non-hydrogen) atoms. The Labute approximate surface area is 206 Å². The zero-order valence-electron chi connectivity index (χ0n) is 18.6. The summed E-state index contributed by atoms with van der Waals surface area (Å²) in [6.45, 7) is 1.87. The van der Waals surface area contributed by atoms with Gasteiger partial charge in [-0.15, -0.1) is 6.42 Å². The number of hydrogen-bond donors (Lipinski definition) is 1. The molecule has 1 N–H and O–H groups in total. The molecule has 0 aliphatic rings. The summed E-state index contributed by atoms with van der Waals surface area (Å²) in [5.74, 6) is 2.36. The van der Waals surface area contributed by atoms with Crippen LogP contribution < -0.4 is 5.32 Å². The first kappa shape index (κ1) is 22.0. The number of anilines is 1. The van der Waals surface area contributed by atoms with Gasteiger partial charge >= 0.3 is 0 Å². The van der Waals surface area contributed by atoms with Crippen LogP contribution in [-0.4, -0.2) is 20.9 Å². The third-order valence-corrected chi connectivity index (χ3v) is 6.38. The van der Waals surface area contributed by atoms with E-state index in [-0.39, 0.29) is 5.91 Å². The maximum atomic E-state index is 13.3. The number of aromatic nitrogens is 3. The molecular weight excluding hydrogens is 454 g/mol. The molecule has 2 aromatic carbocycles. The number of pyridine rings is 2. The quantitative estimate of drug-likeness (QED) is 0.333. The lowest BCUT2D eigenvalue weighted by molar-refractivity contribution is 0.102. The molecule has 0 spiro atoms. The Hall–Kier alpha value is -4.85. The number of carbonyl (C=O) groups is 1. The Kier molecular flexibility index (Phi) is 5.76. The largest absolute Gasteiger partial charge is 0.298 e. The third kappa shape index (κ3) is 4.37. The Balaban J connectivity index is 1.46. The highest BCUT2D eigenvalue weighted by Gasteiger charge is 2.18. The van der Waals surface area contributed by atoms with Gasteiger partial charge in [-0.05, 0) is 53.9 Å². The Morgan fingerprint density at radius 3 is 2.57 bits per heavy atom. The second kappa shape index (κ2) is 9.18. The van der Waals surface area contributed by atoms with Crippen LogP contribution in [0.2, 0.25) is 0 Å². The number of amides is 1. The fraction of sp³-hybridized carbons (Fsp3) is 0.0357. The van der Waals surface area contributed by atoms with E-state index in [4.69, 9.17) is 11.7 Å². The van der Waals surface area contributed by atoms with Crippen molar-refractivity contribution < 1.29 is 4.79 Å². The van der Waals surface area contributed by atoms with Crippen molar-refractivity contribution in [2.45, 2.75) is 6.92 Å². The van der Waals surface area contributed by atoms with Crippen LogP contribution in [0.15, 0.2) is 73.1 Å². The molecule has 0 bridgehead atoms. The molecule has 3 aromatic heterocycles. The van der Waals surface area contributed by atoms with Crippen LogP contribution in [0, 0.1) is 30.6 Å². The number of carbonyl (C=O) groups excluding carboxylic acids is 1. The van der Waals surface area contributed by atoms with Gasteiger partial charge in [-0.25, -0.2) is 4.98 Å². The number of thiazole rings is 1. The molecule has 166 valence electrons. The van der Waals surface area contributed by atoms with E-state index in [9.17, 15) is 4.79 Å². The zero-order chi connectivity index (χ0) is 24.4. The van der Waals surface area contributed by atoms with Crippen molar-refractivity contribution >= 4 is 32.7 Å². The number of terminal acetylenes is 1. The standard InChI is InChI=1S/C28H17N5OS/c1-3-19-6-4-5-7-22(19)23-12-17(2)30-16-24(23)27(34)33-28-32-26-25(35-28)13-21(15-31-26)20-10-8-18(14-29)9-11-20/h1,4-13,15-16H,2H3,(H,31,32,33,34). The molecule has 7 heteroatoms. The van der Waals surface area contributed by atoms with Crippen LogP contribution >= 0.6 is 11.3 Å². The molecule has 0 saturated heterocycles. The van der Waals surface area contributed by atoms with Gasteiger partial charge in [0, 0.05) is 29.2 Å². The summed E-state index contributed by atoms with van der Waals surface area (Å²) in [5.41, 5.74) is 6.38. The number of nitrogens with zero attached hydrogens (tertiary/aromatic N) is 4. The summed E-state index contributed by atoms with van der Waals surface area (Å²) < 4.78 is 0.835. The maximum absolute atomic E-state index is 13.3. The molecule has 0 aliphatic heterocycles. The third-order valence-electron chi connectivity index (χ3n) is 5.47. The number of rotatable bonds is 4. The van der Waals surface area contributed by atoms with E-state index < -0.39 is 0 Å². The van der Waals surface area contributed by atoms with Gasteiger partial charge in [-0.2, -0.15) is 10.2 Å². The van der Waals surface area contributed by atoms with Crippen molar-refractivity contribution in [3.05, 3.63) is 95.4 Å². The maximum Gasteiger partial charge on any atom is 0.259 e. The Morgan fingerprint density at radius 2 is 1.80 bits per heavy atom. The van der Waals surface area contributed by atoms with Gasteiger partial charge in [-0.3, -0.25) is 15.1 Å². The molecule has 0 fully saturated rings. The molecule has 0 atom stereocenters. The number of hydrogen-bond acceptors (Lipinski definition) is 6. The van der Waals surface area contributed by atoms with Gasteiger partial charge in [-0.1, -0.05) is 47.6 Å². The van der Waals surface area contributed by atoms with Crippen molar-refractivity contribution in [2.24, 2.45) is 0 Å². The van der Waals surface area contributed by atoms with Gasteiger partial charge in [0.05, 0.1) is 21.9 Å². The second-order valence-corrected chi connectivity index (χ2v) is 8.80. The summed E-state index contributed by atoms with van der Waals surface area (Å²) in [6, 6.07) is 20.7. The van der Waals surface area contributed by atoms with Gasteiger partial charge in [0.25, 0.3) is 5.91 Å². The highest BCUT2D eigenvalue weighted by Crippen LogP contribution is 2.31. The molecule has 0 unspecified atom stereocenters. The summed E-state index contributed by atoms with van der Waals surface area (Å²) in [5, 5.41) is 12.3. The Morgan fingerprint density at radius 1 is 1.00 bits per heavy atom. The number of nitriles is 1. The second-order valence-electron chi connectivity index (χ2n) is 7.77. The summed E-state index contributed by atoms with van der Waals surface area (Å²) in [6.07, 6.45) is 8.98. The van der Waals surface area contributed by atoms with E-state index in [1.165, 1.54) is 11.3 Å². The summed E-state index contributed by atoms with van der Waals surface area (Å²) in [7, 11) is 0. The number of benzene rings is 2. The molecular formula is C28H17N5OS. The average molecular weight is 472 g/mol. The summed E-state index contributed by atoms with van der Waals surface area (Å²) >= 11 is 1.34. The van der Waals surface area contributed by atoms with Gasteiger partial charge in [0.2, 0.25) is 0 Å². The minimum Gasteiger partial charge on any atom is -0.298 e. The minimum atomic E-state index is -0.328. The highest BCUT2D eigenvalue weighted by molar-refractivity contribution is 7.22. The van der Waals surface area contributed by atoms with Crippen LogP contribution in [0.1, 0.15) is 27.2 Å². The van der Waals surface area contributed by atoms with E-state index >= 15 is 0 Å². The molecule has 6 nitrogen and oxygen atoms in total. The molecule has 0 aliphatic carbocycles. The molecule has 5 aromatic rings. The topological polar surface area (TPSA) is 91.6 Å². The summed E-state index contributed by atoms with van der Waals surface area (Å²) in [4.78, 5) is 26.5. The number of nitrogens with one attached hydrogen (secondary N) is 1. The van der Waals surface area contributed by atoms with Gasteiger partial charge in [0.1, 0.15) is 0 Å². The highest BCUT2D eigenvalue weighted by atomic mass is 32.1. The first-order valence-corrected chi connectivity index (χ1v) is 11.5. The fourth-order valence-electron chi connectivity index (χ4n) is 3.74. The van der Waals surface area contributed by atoms with E-state index in [2.05, 4.69) is 32.3 Å². The van der Waals surface area contributed by atoms with Crippen molar-refractivity contribution in [1.82, 2.24) is 15.0 Å². The SMILES string of the molecule is C#Cc1ccccc1-c1cc(C)ncc1C(=O)Nc1nc2ncc(-c3ccc(C#N)cc3)cc2s1. The zero-order valence-corrected chi connectivity index (χ0v) is 19.4. The monoisotopic (exact) mass is 471 g/mol.